The van der Waals surface area contributed by atoms with E-state index in [1.807, 2.05) is 6.07 Å². The summed E-state index contributed by atoms with van der Waals surface area (Å²) in [6.07, 6.45) is 3.14. The lowest BCUT2D eigenvalue weighted by Crippen LogP contribution is -2.34. The summed E-state index contributed by atoms with van der Waals surface area (Å²) in [5.74, 6) is 0.222. The lowest BCUT2D eigenvalue weighted by Gasteiger charge is -2.13. The van der Waals surface area contributed by atoms with Gasteiger partial charge in [0.15, 0.2) is 5.11 Å². The van der Waals surface area contributed by atoms with E-state index >= 15 is 0 Å². The van der Waals surface area contributed by atoms with Crippen molar-refractivity contribution in [3.05, 3.63) is 54.1 Å². The van der Waals surface area contributed by atoms with Gasteiger partial charge in [0.05, 0.1) is 17.9 Å². The number of hydrogen-bond donors (Lipinski definition) is 3. The van der Waals surface area contributed by atoms with Crippen molar-refractivity contribution in [3.8, 4) is 11.5 Å². The molecule has 0 unspecified atom stereocenters. The van der Waals surface area contributed by atoms with E-state index in [1.165, 1.54) is 6.07 Å². The number of aromatic hydroxyl groups is 1. The van der Waals surface area contributed by atoms with Crippen molar-refractivity contribution in [2.75, 3.05) is 11.9 Å². The Balaban J connectivity index is 1.98. The van der Waals surface area contributed by atoms with Crippen molar-refractivity contribution in [1.82, 2.24) is 5.32 Å². The Morgan fingerprint density at radius 3 is 2.60 bits per heavy atom. The van der Waals surface area contributed by atoms with Crippen molar-refractivity contribution in [2.45, 2.75) is 26.2 Å². The Labute approximate surface area is 153 Å². The number of nitrogens with one attached hydrogen (secondary N) is 2. The number of unbranched alkanes of at least 4 members (excludes halogenated alkanes) is 2. The number of benzene rings is 2. The SMILES string of the molecule is CCCCCOc1ccccc1C(=O)NC(=S)Nc1ccccc1O. The zero-order chi connectivity index (χ0) is 18.1. The van der Waals surface area contributed by atoms with E-state index in [-0.39, 0.29) is 16.8 Å². The number of ether oxygens (including phenoxy) is 1. The Kier molecular flexibility index (Phi) is 7.22. The number of phenols is 1. The number of amides is 1. The molecule has 0 fully saturated rings. The van der Waals surface area contributed by atoms with Crippen molar-refractivity contribution in [2.24, 2.45) is 0 Å². The molecule has 0 aliphatic rings. The largest absolute Gasteiger partial charge is 0.506 e. The van der Waals surface area contributed by atoms with Crippen LogP contribution in [-0.4, -0.2) is 22.7 Å². The molecule has 132 valence electrons. The third-order valence-corrected chi connectivity index (χ3v) is 3.72. The maximum absolute atomic E-state index is 12.5. The Morgan fingerprint density at radius 2 is 1.84 bits per heavy atom. The maximum atomic E-state index is 12.5. The van der Waals surface area contributed by atoms with Gasteiger partial charge in [0, 0.05) is 0 Å². The van der Waals surface area contributed by atoms with Gasteiger partial charge in [0.2, 0.25) is 0 Å². The van der Waals surface area contributed by atoms with Gasteiger partial charge in [-0.05, 0) is 42.9 Å². The molecular formula is C19H22N2O3S. The van der Waals surface area contributed by atoms with Gasteiger partial charge in [-0.2, -0.15) is 0 Å². The second-order valence-corrected chi connectivity index (χ2v) is 5.89. The minimum Gasteiger partial charge on any atom is -0.506 e. The van der Waals surface area contributed by atoms with E-state index in [0.717, 1.165) is 19.3 Å². The predicted octanol–water partition coefficient (Wildman–Crippen LogP) is 4.09. The molecule has 0 saturated heterocycles. The van der Waals surface area contributed by atoms with Crippen LogP contribution in [0.2, 0.25) is 0 Å². The predicted molar refractivity (Wildman–Crippen MR) is 103 cm³/mol. The summed E-state index contributed by atoms with van der Waals surface area (Å²) < 4.78 is 5.71. The first-order valence-corrected chi connectivity index (χ1v) is 8.64. The van der Waals surface area contributed by atoms with Gasteiger partial charge in [0.25, 0.3) is 5.91 Å². The van der Waals surface area contributed by atoms with Crippen LogP contribution in [-0.2, 0) is 0 Å². The normalized spacial score (nSPS) is 10.1. The van der Waals surface area contributed by atoms with Gasteiger partial charge in [0.1, 0.15) is 11.5 Å². The second-order valence-electron chi connectivity index (χ2n) is 5.48. The molecule has 0 radical (unpaired) electrons. The topological polar surface area (TPSA) is 70.6 Å². The van der Waals surface area contributed by atoms with Gasteiger partial charge >= 0.3 is 0 Å². The molecule has 2 aromatic rings. The molecule has 0 atom stereocenters. The van der Waals surface area contributed by atoms with Gasteiger partial charge in [-0.15, -0.1) is 0 Å². The number of hydrogen-bond acceptors (Lipinski definition) is 4. The third kappa shape index (κ3) is 5.76. The summed E-state index contributed by atoms with van der Waals surface area (Å²) in [4.78, 5) is 12.5. The monoisotopic (exact) mass is 358 g/mol. The van der Waals surface area contributed by atoms with Crippen molar-refractivity contribution in [3.63, 3.8) is 0 Å². The van der Waals surface area contributed by atoms with Crippen LogP contribution in [0.25, 0.3) is 0 Å². The fourth-order valence-corrected chi connectivity index (χ4v) is 2.42. The molecule has 6 heteroatoms. The first-order chi connectivity index (χ1) is 12.1. The number of para-hydroxylation sites is 3. The second kappa shape index (κ2) is 9.64. The van der Waals surface area contributed by atoms with Gasteiger partial charge in [-0.25, -0.2) is 0 Å². The molecule has 1 amide bonds. The van der Waals surface area contributed by atoms with Crippen LogP contribution in [0.1, 0.15) is 36.5 Å². The molecular weight excluding hydrogens is 336 g/mol. The number of rotatable bonds is 7. The highest BCUT2D eigenvalue weighted by Gasteiger charge is 2.14. The summed E-state index contributed by atoms with van der Waals surface area (Å²) in [6.45, 7) is 2.69. The summed E-state index contributed by atoms with van der Waals surface area (Å²) in [5, 5.41) is 15.2. The highest BCUT2D eigenvalue weighted by Crippen LogP contribution is 2.22. The molecule has 0 heterocycles. The van der Waals surface area contributed by atoms with Crippen LogP contribution in [0.15, 0.2) is 48.5 Å². The quantitative estimate of drug-likeness (QED) is 0.395. The lowest BCUT2D eigenvalue weighted by atomic mass is 10.2. The van der Waals surface area contributed by atoms with E-state index < -0.39 is 0 Å². The number of anilines is 1. The van der Waals surface area contributed by atoms with Crippen LogP contribution in [0.4, 0.5) is 5.69 Å². The average molecular weight is 358 g/mol. The number of phenolic OH excluding ortho intramolecular Hbond substituents is 1. The number of carbonyl (C=O) groups is 1. The van der Waals surface area contributed by atoms with Crippen LogP contribution >= 0.6 is 12.2 Å². The molecule has 0 spiro atoms. The molecule has 2 aromatic carbocycles. The molecule has 0 saturated carbocycles. The summed E-state index contributed by atoms with van der Waals surface area (Å²) >= 11 is 5.14. The number of thiocarbonyl (C=S) groups is 1. The molecule has 0 aromatic heterocycles. The molecule has 25 heavy (non-hydrogen) atoms. The molecule has 0 aliphatic heterocycles. The fourth-order valence-electron chi connectivity index (χ4n) is 2.22. The highest BCUT2D eigenvalue weighted by atomic mass is 32.1. The van der Waals surface area contributed by atoms with Crippen molar-refractivity contribution in [1.29, 1.82) is 0 Å². The summed E-state index contributed by atoms with van der Waals surface area (Å²) in [5.41, 5.74) is 0.845. The van der Waals surface area contributed by atoms with E-state index in [2.05, 4.69) is 17.6 Å². The maximum Gasteiger partial charge on any atom is 0.261 e. The van der Waals surface area contributed by atoms with Crippen LogP contribution < -0.4 is 15.4 Å². The van der Waals surface area contributed by atoms with Gasteiger partial charge in [-0.3, -0.25) is 10.1 Å². The van der Waals surface area contributed by atoms with E-state index in [4.69, 9.17) is 17.0 Å². The van der Waals surface area contributed by atoms with Crippen LogP contribution in [0.5, 0.6) is 11.5 Å². The van der Waals surface area contributed by atoms with Crippen molar-refractivity contribution < 1.29 is 14.6 Å². The molecule has 0 aliphatic carbocycles. The zero-order valence-corrected chi connectivity index (χ0v) is 14.9. The first kappa shape index (κ1) is 18.7. The van der Waals surface area contributed by atoms with E-state index in [1.54, 1.807) is 36.4 Å². The smallest absolute Gasteiger partial charge is 0.261 e. The lowest BCUT2D eigenvalue weighted by molar-refractivity contribution is 0.0973. The standard InChI is InChI=1S/C19H22N2O3S/c1-2-3-8-13-24-17-12-7-4-9-14(17)18(23)21-19(25)20-15-10-5-6-11-16(15)22/h4-7,9-12,22H,2-3,8,13H2,1H3,(H2,20,21,23,25). The Bertz CT molecular complexity index is 734. The molecule has 2 rings (SSSR count). The summed E-state index contributed by atoms with van der Waals surface area (Å²) in [6, 6.07) is 13.7. The highest BCUT2D eigenvalue weighted by molar-refractivity contribution is 7.80. The van der Waals surface area contributed by atoms with Gasteiger partial charge in [-0.1, -0.05) is 44.0 Å². The Morgan fingerprint density at radius 1 is 1.12 bits per heavy atom. The fraction of sp³-hybridized carbons (Fsp3) is 0.263. The van der Waals surface area contributed by atoms with Crippen LogP contribution in [0.3, 0.4) is 0 Å². The first-order valence-electron chi connectivity index (χ1n) is 8.24. The van der Waals surface area contributed by atoms with Gasteiger partial charge < -0.3 is 15.2 Å². The zero-order valence-electron chi connectivity index (χ0n) is 14.1. The summed E-state index contributed by atoms with van der Waals surface area (Å²) in [7, 11) is 0. The van der Waals surface area contributed by atoms with E-state index in [0.29, 0.717) is 23.6 Å². The third-order valence-electron chi connectivity index (χ3n) is 3.52. The molecule has 5 nitrogen and oxygen atoms in total. The minimum absolute atomic E-state index is 0.0544. The minimum atomic E-state index is -0.362. The molecule has 3 N–H and O–H groups in total. The van der Waals surface area contributed by atoms with E-state index in [9.17, 15) is 9.90 Å². The average Bonchev–Trinajstić information content (AvgIpc) is 2.61. The molecule has 0 bridgehead atoms. The van der Waals surface area contributed by atoms with Crippen LogP contribution in [0, 0.1) is 0 Å². The van der Waals surface area contributed by atoms with Crippen molar-refractivity contribution >= 4 is 28.9 Å². The Hall–Kier alpha value is -2.60. The number of carbonyl (C=O) groups excluding carboxylic acids is 1.